The monoisotopic (exact) mass is 266 g/mol. The lowest BCUT2D eigenvalue weighted by molar-refractivity contribution is -0.163. The van der Waals surface area contributed by atoms with Crippen molar-refractivity contribution in [1.82, 2.24) is 4.98 Å². The van der Waals surface area contributed by atoms with Gasteiger partial charge in [-0.25, -0.2) is 18.6 Å². The van der Waals surface area contributed by atoms with Gasteiger partial charge in [-0.3, -0.25) is 4.79 Å². The number of alkyl halides is 4. The number of rotatable bonds is 4. The number of amides is 1. The molecule has 9 heteroatoms. The molecule has 0 fully saturated rings. The third-order valence-corrected chi connectivity index (χ3v) is 1.83. The minimum absolute atomic E-state index is 0.333. The zero-order valence-electron chi connectivity index (χ0n) is 8.53. The largest absolute Gasteiger partial charge is 0.478 e. The van der Waals surface area contributed by atoms with Crippen LogP contribution in [-0.4, -0.2) is 34.3 Å². The molecule has 1 aromatic rings. The van der Waals surface area contributed by atoms with Gasteiger partial charge in [0.05, 0.1) is 5.56 Å². The summed E-state index contributed by atoms with van der Waals surface area (Å²) < 4.78 is 48.9. The first-order valence-electron chi connectivity index (χ1n) is 4.42. The average molecular weight is 266 g/mol. The molecule has 0 aliphatic rings. The van der Waals surface area contributed by atoms with E-state index < -0.39 is 30.0 Å². The first-order valence-corrected chi connectivity index (χ1v) is 4.42. The van der Waals surface area contributed by atoms with Crippen LogP contribution in [0.5, 0.6) is 0 Å². The minimum atomic E-state index is -4.87. The molecule has 1 heterocycles. The lowest BCUT2D eigenvalue weighted by Crippen LogP contribution is -2.41. The van der Waals surface area contributed by atoms with Crippen molar-refractivity contribution in [3.05, 3.63) is 23.9 Å². The molecule has 0 spiro atoms. The lowest BCUT2D eigenvalue weighted by Gasteiger charge is -2.14. The van der Waals surface area contributed by atoms with Crippen LogP contribution in [0.2, 0.25) is 0 Å². The summed E-state index contributed by atoms with van der Waals surface area (Å²) in [7, 11) is 0. The van der Waals surface area contributed by atoms with Crippen LogP contribution in [-0.2, 0) is 4.79 Å². The Balaban J connectivity index is 2.89. The molecule has 1 aromatic heterocycles. The minimum Gasteiger partial charge on any atom is -0.478 e. The van der Waals surface area contributed by atoms with Gasteiger partial charge in [0.2, 0.25) is 0 Å². The second-order valence-corrected chi connectivity index (χ2v) is 3.11. The van der Waals surface area contributed by atoms with Crippen LogP contribution in [0, 0.1) is 0 Å². The van der Waals surface area contributed by atoms with Crippen molar-refractivity contribution in [2.75, 3.05) is 5.32 Å². The lowest BCUT2D eigenvalue weighted by atomic mass is 10.2. The van der Waals surface area contributed by atoms with Crippen molar-refractivity contribution in [2.24, 2.45) is 0 Å². The normalized spacial score (nSPS) is 11.4. The van der Waals surface area contributed by atoms with Crippen LogP contribution < -0.4 is 5.32 Å². The second kappa shape index (κ2) is 4.98. The van der Waals surface area contributed by atoms with Gasteiger partial charge in [-0.2, -0.15) is 8.78 Å². The maximum absolute atomic E-state index is 12.6. The zero-order chi connectivity index (χ0) is 13.9. The predicted octanol–water partition coefficient (Wildman–Crippen LogP) is 1.62. The van der Waals surface area contributed by atoms with E-state index in [2.05, 4.69) is 4.98 Å². The molecule has 0 aliphatic carbocycles. The zero-order valence-corrected chi connectivity index (χ0v) is 8.53. The molecule has 0 atom stereocenters. The summed E-state index contributed by atoms with van der Waals surface area (Å²) in [6.07, 6.45) is -3.24. The van der Waals surface area contributed by atoms with Gasteiger partial charge in [-0.15, -0.1) is 0 Å². The van der Waals surface area contributed by atoms with Crippen LogP contribution >= 0.6 is 0 Å². The molecule has 5 nitrogen and oxygen atoms in total. The number of pyridine rings is 1. The summed E-state index contributed by atoms with van der Waals surface area (Å²) in [4.78, 5) is 24.7. The molecule has 18 heavy (non-hydrogen) atoms. The smallest absolute Gasteiger partial charge is 0.383 e. The third kappa shape index (κ3) is 2.93. The van der Waals surface area contributed by atoms with E-state index in [4.69, 9.17) is 5.11 Å². The SMILES string of the molecule is O=C(O)c1ccnc(NC(=O)C(F)(F)C(F)F)c1. The first kappa shape index (κ1) is 13.9. The van der Waals surface area contributed by atoms with Crippen molar-refractivity contribution < 1.29 is 32.3 Å². The highest BCUT2D eigenvalue weighted by Gasteiger charge is 2.49. The standard InChI is InChI=1S/C9H6F4N2O3/c10-7(11)9(12,13)8(18)15-5-3-4(6(16)17)1-2-14-5/h1-3,7H,(H,16,17)(H,14,15,18). The Labute approximate surface area is 97.4 Å². The summed E-state index contributed by atoms with van der Waals surface area (Å²) in [5.74, 6) is -9.07. The van der Waals surface area contributed by atoms with Crippen molar-refractivity contribution in [2.45, 2.75) is 12.3 Å². The number of aromatic carboxylic acids is 1. The molecule has 1 rings (SSSR count). The number of halogens is 4. The van der Waals surface area contributed by atoms with E-state index in [0.29, 0.717) is 0 Å². The maximum atomic E-state index is 12.6. The summed E-state index contributed by atoms with van der Waals surface area (Å²) in [6.45, 7) is 0. The van der Waals surface area contributed by atoms with Gasteiger partial charge in [-0.1, -0.05) is 0 Å². The highest BCUT2D eigenvalue weighted by atomic mass is 19.3. The van der Waals surface area contributed by atoms with E-state index in [1.165, 1.54) is 5.32 Å². The number of carboxylic acids is 1. The average Bonchev–Trinajstić information content (AvgIpc) is 2.28. The van der Waals surface area contributed by atoms with E-state index in [0.717, 1.165) is 18.3 Å². The van der Waals surface area contributed by atoms with E-state index in [1.807, 2.05) is 0 Å². The highest BCUT2D eigenvalue weighted by molar-refractivity contribution is 5.96. The molecular formula is C9H6F4N2O3. The molecule has 0 aliphatic heterocycles. The predicted molar refractivity (Wildman–Crippen MR) is 50.8 cm³/mol. The van der Waals surface area contributed by atoms with Gasteiger partial charge >= 0.3 is 24.2 Å². The quantitative estimate of drug-likeness (QED) is 0.811. The second-order valence-electron chi connectivity index (χ2n) is 3.11. The van der Waals surface area contributed by atoms with Gasteiger partial charge in [0.15, 0.2) is 0 Å². The number of carbonyl (C=O) groups excluding carboxylic acids is 1. The van der Waals surface area contributed by atoms with Gasteiger partial charge < -0.3 is 10.4 Å². The summed E-state index contributed by atoms with van der Waals surface area (Å²) in [5.41, 5.74) is -0.333. The molecule has 0 saturated heterocycles. The summed E-state index contributed by atoms with van der Waals surface area (Å²) in [5, 5.41) is 10.00. The molecule has 0 bridgehead atoms. The molecule has 0 saturated carbocycles. The number of hydrogen-bond acceptors (Lipinski definition) is 3. The number of carboxylic acid groups (broad SMARTS) is 1. The van der Waals surface area contributed by atoms with Gasteiger partial charge in [0, 0.05) is 6.20 Å². The van der Waals surface area contributed by atoms with Gasteiger partial charge in [0.25, 0.3) is 0 Å². The van der Waals surface area contributed by atoms with E-state index >= 15 is 0 Å². The van der Waals surface area contributed by atoms with Crippen molar-refractivity contribution >= 4 is 17.7 Å². The Morgan fingerprint density at radius 3 is 2.50 bits per heavy atom. The molecule has 98 valence electrons. The van der Waals surface area contributed by atoms with Crippen molar-refractivity contribution in [3.63, 3.8) is 0 Å². The molecule has 0 radical (unpaired) electrons. The molecule has 1 amide bonds. The number of hydrogen-bond donors (Lipinski definition) is 2. The number of nitrogens with zero attached hydrogens (tertiary/aromatic N) is 1. The van der Waals surface area contributed by atoms with Crippen LogP contribution in [0.15, 0.2) is 18.3 Å². The molecule has 0 aromatic carbocycles. The highest BCUT2D eigenvalue weighted by Crippen LogP contribution is 2.24. The molecule has 2 N–H and O–H groups in total. The van der Waals surface area contributed by atoms with Gasteiger partial charge in [0.1, 0.15) is 5.82 Å². The van der Waals surface area contributed by atoms with Crippen LogP contribution in [0.3, 0.4) is 0 Å². The van der Waals surface area contributed by atoms with Crippen molar-refractivity contribution in [3.8, 4) is 0 Å². The number of aromatic nitrogens is 1. The fourth-order valence-corrected chi connectivity index (χ4v) is 0.931. The maximum Gasteiger partial charge on any atom is 0.383 e. The Hall–Kier alpha value is -2.19. The van der Waals surface area contributed by atoms with Crippen molar-refractivity contribution in [1.29, 1.82) is 0 Å². The topological polar surface area (TPSA) is 79.3 Å². The van der Waals surface area contributed by atoms with Gasteiger partial charge in [-0.05, 0) is 12.1 Å². The first-order chi connectivity index (χ1) is 8.25. The molecule has 0 unspecified atom stereocenters. The number of nitrogens with one attached hydrogen (secondary N) is 1. The van der Waals surface area contributed by atoms with Crippen LogP contribution in [0.4, 0.5) is 23.4 Å². The van der Waals surface area contributed by atoms with Crippen LogP contribution in [0.1, 0.15) is 10.4 Å². The fraction of sp³-hybridized carbons (Fsp3) is 0.222. The Bertz CT molecular complexity index is 479. The van der Waals surface area contributed by atoms with E-state index in [-0.39, 0.29) is 5.56 Å². The number of anilines is 1. The van der Waals surface area contributed by atoms with E-state index in [9.17, 15) is 27.2 Å². The third-order valence-electron chi connectivity index (χ3n) is 1.83. The number of carbonyl (C=O) groups is 2. The van der Waals surface area contributed by atoms with E-state index in [1.54, 1.807) is 0 Å². The summed E-state index contributed by atoms with van der Waals surface area (Å²) in [6, 6.07) is 1.81. The summed E-state index contributed by atoms with van der Waals surface area (Å²) >= 11 is 0. The Morgan fingerprint density at radius 2 is 2.00 bits per heavy atom. The fourth-order valence-electron chi connectivity index (χ4n) is 0.931. The van der Waals surface area contributed by atoms with Crippen LogP contribution in [0.25, 0.3) is 0 Å². The Morgan fingerprint density at radius 1 is 1.39 bits per heavy atom. The Kier molecular flexibility index (Phi) is 3.84. The molecular weight excluding hydrogens is 260 g/mol.